The van der Waals surface area contributed by atoms with Gasteiger partial charge in [-0.2, -0.15) is 0 Å². The number of ether oxygens (including phenoxy) is 1. The molecule has 1 aliphatic heterocycles. The summed E-state index contributed by atoms with van der Waals surface area (Å²) in [5, 5.41) is 0. The van der Waals surface area contributed by atoms with E-state index in [9.17, 15) is 4.79 Å². The second-order valence-electron chi connectivity index (χ2n) is 3.80. The molecule has 0 amide bonds. The fourth-order valence-electron chi connectivity index (χ4n) is 2.46. The Bertz CT molecular complexity index is 174. The SMILES string of the molecule is C[C@H]1CC[C@H]2CCOC(=O)[C@H]21. The zero-order valence-corrected chi connectivity index (χ0v) is 6.88. The van der Waals surface area contributed by atoms with Gasteiger partial charge in [0.15, 0.2) is 0 Å². The quantitative estimate of drug-likeness (QED) is 0.495. The van der Waals surface area contributed by atoms with Gasteiger partial charge < -0.3 is 4.74 Å². The third kappa shape index (κ3) is 1.05. The summed E-state index contributed by atoms with van der Waals surface area (Å²) in [5.41, 5.74) is 0. The molecule has 0 radical (unpaired) electrons. The van der Waals surface area contributed by atoms with Gasteiger partial charge in [-0.1, -0.05) is 6.92 Å². The van der Waals surface area contributed by atoms with Crippen molar-refractivity contribution in [1.29, 1.82) is 0 Å². The van der Waals surface area contributed by atoms with Gasteiger partial charge in [0, 0.05) is 0 Å². The van der Waals surface area contributed by atoms with Crippen LogP contribution in [0.25, 0.3) is 0 Å². The Hall–Kier alpha value is -0.530. The highest BCUT2D eigenvalue weighted by atomic mass is 16.5. The molecule has 1 aliphatic carbocycles. The van der Waals surface area contributed by atoms with Crippen molar-refractivity contribution in [1.82, 2.24) is 0 Å². The molecule has 11 heavy (non-hydrogen) atoms. The Morgan fingerprint density at radius 2 is 2.18 bits per heavy atom. The van der Waals surface area contributed by atoms with Gasteiger partial charge in [0.1, 0.15) is 0 Å². The summed E-state index contributed by atoms with van der Waals surface area (Å²) in [6.07, 6.45) is 3.55. The second-order valence-corrected chi connectivity index (χ2v) is 3.80. The number of esters is 1. The number of rotatable bonds is 0. The smallest absolute Gasteiger partial charge is 0.309 e. The molecule has 0 aromatic heterocycles. The minimum absolute atomic E-state index is 0.0613. The maximum absolute atomic E-state index is 11.3. The van der Waals surface area contributed by atoms with Crippen molar-refractivity contribution in [2.45, 2.75) is 26.2 Å². The molecule has 0 aromatic carbocycles. The first-order valence-corrected chi connectivity index (χ1v) is 4.45. The molecule has 0 bridgehead atoms. The first kappa shape index (κ1) is 7.14. The van der Waals surface area contributed by atoms with Gasteiger partial charge in [-0.3, -0.25) is 4.79 Å². The second kappa shape index (κ2) is 2.50. The Morgan fingerprint density at radius 1 is 1.36 bits per heavy atom. The molecule has 3 atom stereocenters. The maximum Gasteiger partial charge on any atom is 0.309 e. The molecule has 2 rings (SSSR count). The summed E-state index contributed by atoms with van der Waals surface area (Å²) < 4.78 is 5.02. The van der Waals surface area contributed by atoms with Crippen LogP contribution in [0.1, 0.15) is 26.2 Å². The molecule has 2 heteroatoms. The molecule has 1 saturated heterocycles. The van der Waals surface area contributed by atoms with E-state index in [2.05, 4.69) is 6.92 Å². The molecule has 0 N–H and O–H groups in total. The van der Waals surface area contributed by atoms with Crippen LogP contribution in [0.5, 0.6) is 0 Å². The normalized spacial score (nSPS) is 43.4. The molecule has 2 nitrogen and oxygen atoms in total. The molecule has 0 aromatic rings. The highest BCUT2D eigenvalue weighted by Gasteiger charge is 2.41. The van der Waals surface area contributed by atoms with Gasteiger partial charge in [0.2, 0.25) is 0 Å². The van der Waals surface area contributed by atoms with Crippen LogP contribution < -0.4 is 0 Å². The lowest BCUT2D eigenvalue weighted by molar-refractivity contribution is -0.156. The largest absolute Gasteiger partial charge is 0.465 e. The van der Waals surface area contributed by atoms with E-state index in [0.717, 1.165) is 6.42 Å². The number of hydrogen-bond acceptors (Lipinski definition) is 2. The van der Waals surface area contributed by atoms with E-state index in [0.29, 0.717) is 18.4 Å². The van der Waals surface area contributed by atoms with Crippen LogP contribution in [0.15, 0.2) is 0 Å². The molecule has 1 heterocycles. The van der Waals surface area contributed by atoms with Crippen LogP contribution in [-0.4, -0.2) is 12.6 Å². The first-order valence-electron chi connectivity index (χ1n) is 4.45. The van der Waals surface area contributed by atoms with Crippen LogP contribution in [0.3, 0.4) is 0 Å². The lowest BCUT2D eigenvalue weighted by Crippen LogP contribution is -2.31. The highest BCUT2D eigenvalue weighted by molar-refractivity contribution is 5.74. The summed E-state index contributed by atoms with van der Waals surface area (Å²) in [7, 11) is 0. The van der Waals surface area contributed by atoms with Gasteiger partial charge in [-0.25, -0.2) is 0 Å². The van der Waals surface area contributed by atoms with Crippen molar-refractivity contribution < 1.29 is 9.53 Å². The van der Waals surface area contributed by atoms with Gasteiger partial charge in [-0.15, -0.1) is 0 Å². The topological polar surface area (TPSA) is 26.3 Å². The summed E-state index contributed by atoms with van der Waals surface area (Å²) in [4.78, 5) is 11.3. The van der Waals surface area contributed by atoms with E-state index in [1.54, 1.807) is 0 Å². The monoisotopic (exact) mass is 154 g/mol. The zero-order valence-electron chi connectivity index (χ0n) is 6.88. The van der Waals surface area contributed by atoms with Crippen LogP contribution in [0.2, 0.25) is 0 Å². The van der Waals surface area contributed by atoms with Crippen LogP contribution in [-0.2, 0) is 9.53 Å². The number of carbonyl (C=O) groups excluding carboxylic acids is 1. The van der Waals surface area contributed by atoms with Crippen molar-refractivity contribution in [2.24, 2.45) is 17.8 Å². The Labute approximate surface area is 66.9 Å². The average molecular weight is 154 g/mol. The molecule has 2 aliphatic rings. The van der Waals surface area contributed by atoms with E-state index in [1.807, 2.05) is 0 Å². The molecule has 1 saturated carbocycles. The number of hydrogen-bond donors (Lipinski definition) is 0. The fourth-order valence-corrected chi connectivity index (χ4v) is 2.46. The van der Waals surface area contributed by atoms with Gasteiger partial charge >= 0.3 is 5.97 Å². The van der Waals surface area contributed by atoms with Gasteiger partial charge in [0.05, 0.1) is 12.5 Å². The first-order chi connectivity index (χ1) is 5.29. The van der Waals surface area contributed by atoms with Crippen LogP contribution in [0, 0.1) is 17.8 Å². The molecule has 0 spiro atoms. The lowest BCUT2D eigenvalue weighted by Gasteiger charge is -2.26. The minimum atomic E-state index is 0.0613. The molecular formula is C9H14O2. The molecule has 2 fully saturated rings. The van der Waals surface area contributed by atoms with Crippen LogP contribution in [0.4, 0.5) is 0 Å². The number of cyclic esters (lactones) is 1. The standard InChI is InChI=1S/C9H14O2/c1-6-2-3-7-4-5-11-9(10)8(6)7/h6-8H,2-5H2,1H3/t6-,7-,8-/m0/s1. The number of fused-ring (bicyclic) bond motifs is 1. The minimum Gasteiger partial charge on any atom is -0.465 e. The predicted molar refractivity (Wildman–Crippen MR) is 41.0 cm³/mol. The van der Waals surface area contributed by atoms with Crippen molar-refractivity contribution in [3.8, 4) is 0 Å². The summed E-state index contributed by atoms with van der Waals surface area (Å²) in [5.74, 6) is 1.51. The third-order valence-corrected chi connectivity index (χ3v) is 3.12. The highest BCUT2D eigenvalue weighted by Crippen LogP contribution is 2.41. The van der Waals surface area contributed by atoms with E-state index < -0.39 is 0 Å². The van der Waals surface area contributed by atoms with Crippen molar-refractivity contribution in [3.63, 3.8) is 0 Å². The number of carbonyl (C=O) groups is 1. The molecular weight excluding hydrogens is 140 g/mol. The summed E-state index contributed by atoms with van der Waals surface area (Å²) in [6, 6.07) is 0. The molecule has 0 unspecified atom stereocenters. The average Bonchev–Trinajstić information content (AvgIpc) is 2.34. The maximum atomic E-state index is 11.3. The van der Waals surface area contributed by atoms with Gasteiger partial charge in [-0.05, 0) is 31.1 Å². The van der Waals surface area contributed by atoms with Gasteiger partial charge in [0.25, 0.3) is 0 Å². The van der Waals surface area contributed by atoms with E-state index >= 15 is 0 Å². The van der Waals surface area contributed by atoms with Crippen molar-refractivity contribution in [2.75, 3.05) is 6.61 Å². The van der Waals surface area contributed by atoms with Crippen molar-refractivity contribution in [3.05, 3.63) is 0 Å². The Kier molecular flexibility index (Phi) is 1.63. The Balaban J connectivity index is 2.14. The lowest BCUT2D eigenvalue weighted by atomic mass is 9.87. The van der Waals surface area contributed by atoms with Crippen LogP contribution >= 0.6 is 0 Å². The van der Waals surface area contributed by atoms with E-state index in [4.69, 9.17) is 4.74 Å². The Morgan fingerprint density at radius 3 is 2.91 bits per heavy atom. The third-order valence-electron chi connectivity index (χ3n) is 3.12. The summed E-state index contributed by atoms with van der Waals surface area (Å²) in [6.45, 7) is 2.82. The fraction of sp³-hybridized carbons (Fsp3) is 0.889. The zero-order chi connectivity index (χ0) is 7.84. The van der Waals surface area contributed by atoms with E-state index in [-0.39, 0.29) is 11.9 Å². The summed E-state index contributed by atoms with van der Waals surface area (Å²) >= 11 is 0. The predicted octanol–water partition coefficient (Wildman–Crippen LogP) is 1.60. The van der Waals surface area contributed by atoms with Crippen molar-refractivity contribution >= 4 is 5.97 Å². The van der Waals surface area contributed by atoms with E-state index in [1.165, 1.54) is 12.8 Å². The molecule has 62 valence electrons.